The van der Waals surface area contributed by atoms with Gasteiger partial charge in [0.25, 0.3) is 0 Å². The molecule has 1 unspecified atom stereocenters. The molecule has 2 aromatic rings. The molecule has 6 nitrogen and oxygen atoms in total. The Labute approximate surface area is 198 Å². The molecule has 0 N–H and O–H groups in total. The van der Waals surface area contributed by atoms with E-state index in [4.69, 9.17) is 0 Å². The highest BCUT2D eigenvalue weighted by Crippen LogP contribution is 2.39. The van der Waals surface area contributed by atoms with Crippen LogP contribution < -0.4 is 0 Å². The molecule has 0 bridgehead atoms. The van der Waals surface area contributed by atoms with Gasteiger partial charge in [-0.25, -0.2) is 0 Å². The summed E-state index contributed by atoms with van der Waals surface area (Å²) >= 11 is 3.54. The lowest BCUT2D eigenvalue weighted by molar-refractivity contribution is -0.139. The number of thiophene rings is 2. The Morgan fingerprint density at radius 3 is 2.47 bits per heavy atom. The van der Waals surface area contributed by atoms with Gasteiger partial charge in [-0.2, -0.15) is 0 Å². The first-order valence-corrected chi connectivity index (χ1v) is 13.4. The third kappa shape index (κ3) is 4.51. The van der Waals surface area contributed by atoms with Crippen LogP contribution in [0.15, 0.2) is 29.0 Å². The average molecular weight is 473 g/mol. The monoisotopic (exact) mass is 472 g/mol. The van der Waals surface area contributed by atoms with Gasteiger partial charge < -0.3 is 14.7 Å². The predicted octanol–water partition coefficient (Wildman–Crippen LogP) is 2.77. The number of carbonyl (C=O) groups excluding carboxylic acids is 2. The van der Waals surface area contributed by atoms with Gasteiger partial charge in [-0.3, -0.25) is 14.5 Å². The topological polar surface area (TPSA) is 47.1 Å². The van der Waals surface area contributed by atoms with Gasteiger partial charge in [0.2, 0.25) is 11.8 Å². The maximum absolute atomic E-state index is 13.4. The van der Waals surface area contributed by atoms with E-state index in [-0.39, 0.29) is 17.9 Å². The van der Waals surface area contributed by atoms with E-state index in [1.165, 1.54) is 15.3 Å². The van der Waals surface area contributed by atoms with Gasteiger partial charge in [-0.05, 0) is 67.9 Å². The molecular weight excluding hydrogens is 440 g/mol. The van der Waals surface area contributed by atoms with Gasteiger partial charge >= 0.3 is 0 Å². The maximum atomic E-state index is 13.4. The minimum absolute atomic E-state index is 0.0499. The number of fused-ring (bicyclic) bond motifs is 1. The molecule has 2 fully saturated rings. The van der Waals surface area contributed by atoms with Crippen LogP contribution in [0.2, 0.25) is 0 Å². The van der Waals surface area contributed by atoms with Crippen molar-refractivity contribution in [3.8, 4) is 0 Å². The molecule has 0 aliphatic carbocycles. The average Bonchev–Trinajstić information content (AvgIpc) is 3.51. The third-order valence-corrected chi connectivity index (χ3v) is 9.13. The fourth-order valence-corrected chi connectivity index (χ4v) is 7.00. The second-order valence-corrected chi connectivity index (χ2v) is 11.2. The molecule has 0 saturated carbocycles. The second-order valence-electron chi connectivity index (χ2n) is 9.23. The van der Waals surface area contributed by atoms with Gasteiger partial charge in [0.15, 0.2) is 0 Å². The molecule has 0 radical (unpaired) electrons. The van der Waals surface area contributed by atoms with E-state index in [0.29, 0.717) is 12.5 Å². The third-order valence-electron chi connectivity index (χ3n) is 7.21. The molecule has 3 aliphatic rings. The van der Waals surface area contributed by atoms with E-state index in [9.17, 15) is 9.59 Å². The number of amides is 2. The van der Waals surface area contributed by atoms with Crippen molar-refractivity contribution in [2.75, 3.05) is 59.4 Å². The highest BCUT2D eigenvalue weighted by atomic mass is 32.1. The zero-order chi connectivity index (χ0) is 22.1. The number of carbonyl (C=O) groups is 2. The Bertz CT molecular complexity index is 928. The van der Waals surface area contributed by atoms with Crippen LogP contribution in [0.1, 0.15) is 34.2 Å². The summed E-state index contributed by atoms with van der Waals surface area (Å²) < 4.78 is 0. The molecule has 2 aromatic heterocycles. The van der Waals surface area contributed by atoms with E-state index < -0.39 is 0 Å². The zero-order valence-corrected chi connectivity index (χ0v) is 20.4. The van der Waals surface area contributed by atoms with Crippen LogP contribution in [0.5, 0.6) is 0 Å². The second kappa shape index (κ2) is 9.63. The van der Waals surface area contributed by atoms with Gasteiger partial charge in [0.05, 0.1) is 12.6 Å². The SMILES string of the molecule is CN1CCN(C(=O)C2CCN(CC(=O)N3CCc4sccc4C3c3cccs3)CC2)CC1. The molecule has 0 spiro atoms. The van der Waals surface area contributed by atoms with Crippen molar-refractivity contribution >= 4 is 34.5 Å². The van der Waals surface area contributed by atoms with Crippen LogP contribution in [0, 0.1) is 5.92 Å². The van der Waals surface area contributed by atoms with Crippen molar-refractivity contribution in [3.05, 3.63) is 44.3 Å². The molecule has 5 heterocycles. The molecule has 1 atom stereocenters. The highest BCUT2D eigenvalue weighted by molar-refractivity contribution is 7.10. The van der Waals surface area contributed by atoms with E-state index in [0.717, 1.165) is 65.1 Å². The molecular formula is C24H32N4O2S2. The molecule has 2 saturated heterocycles. The molecule has 0 aromatic carbocycles. The normalized spacial score (nSPS) is 23.3. The van der Waals surface area contributed by atoms with Crippen molar-refractivity contribution in [1.29, 1.82) is 0 Å². The Morgan fingerprint density at radius 1 is 0.969 bits per heavy atom. The number of piperazine rings is 1. The van der Waals surface area contributed by atoms with Crippen molar-refractivity contribution in [1.82, 2.24) is 19.6 Å². The lowest BCUT2D eigenvalue weighted by Crippen LogP contribution is -2.51. The number of likely N-dealkylation sites (tertiary alicyclic amines) is 1. The number of piperidine rings is 1. The number of likely N-dealkylation sites (N-methyl/N-ethyl adjacent to an activating group) is 1. The molecule has 5 rings (SSSR count). The Hall–Kier alpha value is -1.74. The minimum Gasteiger partial charge on any atom is -0.340 e. The summed E-state index contributed by atoms with van der Waals surface area (Å²) in [6.45, 7) is 6.52. The van der Waals surface area contributed by atoms with Crippen molar-refractivity contribution in [2.24, 2.45) is 5.92 Å². The summed E-state index contributed by atoms with van der Waals surface area (Å²) in [6, 6.07) is 6.47. The summed E-state index contributed by atoms with van der Waals surface area (Å²) in [4.78, 5) is 37.6. The lowest BCUT2D eigenvalue weighted by atomic mass is 9.94. The summed E-state index contributed by atoms with van der Waals surface area (Å²) in [5, 5.41) is 4.25. The fourth-order valence-electron chi connectivity index (χ4n) is 5.24. The largest absolute Gasteiger partial charge is 0.340 e. The quantitative estimate of drug-likeness (QED) is 0.687. The Morgan fingerprint density at radius 2 is 1.75 bits per heavy atom. The summed E-state index contributed by atoms with van der Waals surface area (Å²) in [5.41, 5.74) is 1.30. The number of nitrogens with zero attached hydrogens (tertiary/aromatic N) is 4. The van der Waals surface area contributed by atoms with E-state index in [1.54, 1.807) is 11.3 Å². The first-order valence-electron chi connectivity index (χ1n) is 11.7. The number of rotatable bonds is 4. The van der Waals surface area contributed by atoms with E-state index in [1.807, 2.05) is 16.2 Å². The number of hydrogen-bond acceptors (Lipinski definition) is 6. The Balaban J connectivity index is 1.18. The Kier molecular flexibility index (Phi) is 6.64. The fraction of sp³-hybridized carbons (Fsp3) is 0.583. The van der Waals surface area contributed by atoms with Gasteiger partial charge in [-0.15, -0.1) is 22.7 Å². The summed E-state index contributed by atoms with van der Waals surface area (Å²) in [7, 11) is 2.11. The first kappa shape index (κ1) is 22.1. The predicted molar refractivity (Wildman–Crippen MR) is 129 cm³/mol. The van der Waals surface area contributed by atoms with Crippen LogP contribution in [0.3, 0.4) is 0 Å². The van der Waals surface area contributed by atoms with Gasteiger partial charge in [0.1, 0.15) is 0 Å². The number of hydrogen-bond donors (Lipinski definition) is 0. The smallest absolute Gasteiger partial charge is 0.237 e. The van der Waals surface area contributed by atoms with Gasteiger partial charge in [0, 0.05) is 48.4 Å². The summed E-state index contributed by atoms with van der Waals surface area (Å²) in [5.74, 6) is 0.652. The first-order chi connectivity index (χ1) is 15.6. The summed E-state index contributed by atoms with van der Waals surface area (Å²) in [6.07, 6.45) is 2.67. The van der Waals surface area contributed by atoms with Crippen LogP contribution >= 0.6 is 22.7 Å². The highest BCUT2D eigenvalue weighted by Gasteiger charge is 2.35. The van der Waals surface area contributed by atoms with Crippen molar-refractivity contribution in [2.45, 2.75) is 25.3 Å². The lowest BCUT2D eigenvalue weighted by Gasteiger charge is -2.39. The molecule has 32 heavy (non-hydrogen) atoms. The molecule has 8 heteroatoms. The minimum atomic E-state index is 0.0499. The molecule has 2 amide bonds. The standard InChI is InChI=1S/C24H32N4O2S2/c1-25-11-13-27(14-12-25)24(30)18-4-8-26(9-5-18)17-22(29)28-10-6-20-19(7-16-32-20)23(28)21-3-2-15-31-21/h2-3,7,15-16,18,23H,4-6,8-14,17H2,1H3. The molecule has 172 valence electrons. The van der Waals surface area contributed by atoms with E-state index in [2.05, 4.69) is 50.7 Å². The van der Waals surface area contributed by atoms with E-state index >= 15 is 0 Å². The van der Waals surface area contributed by atoms with Crippen LogP contribution in [0.25, 0.3) is 0 Å². The van der Waals surface area contributed by atoms with Crippen LogP contribution in [-0.4, -0.2) is 90.8 Å². The van der Waals surface area contributed by atoms with Crippen LogP contribution in [0.4, 0.5) is 0 Å². The maximum Gasteiger partial charge on any atom is 0.237 e. The zero-order valence-electron chi connectivity index (χ0n) is 18.7. The molecule has 3 aliphatic heterocycles. The van der Waals surface area contributed by atoms with Crippen LogP contribution in [-0.2, 0) is 16.0 Å². The van der Waals surface area contributed by atoms with Crippen molar-refractivity contribution in [3.63, 3.8) is 0 Å². The van der Waals surface area contributed by atoms with Crippen molar-refractivity contribution < 1.29 is 9.59 Å². The van der Waals surface area contributed by atoms with Gasteiger partial charge in [-0.1, -0.05) is 6.07 Å².